The van der Waals surface area contributed by atoms with Gasteiger partial charge in [0, 0.05) is 49.1 Å². The molecule has 11 nitrogen and oxygen atoms in total. The summed E-state index contributed by atoms with van der Waals surface area (Å²) in [5, 5.41) is 14.1. The molecule has 3 N–H and O–H groups in total. The van der Waals surface area contributed by atoms with Crippen LogP contribution in [0.3, 0.4) is 0 Å². The number of rotatable bonds is 7. The monoisotopic (exact) mass is 560 g/mol. The van der Waals surface area contributed by atoms with Gasteiger partial charge in [-0.05, 0) is 69.3 Å². The zero-order valence-electron chi connectivity index (χ0n) is 24.0. The van der Waals surface area contributed by atoms with E-state index in [-0.39, 0.29) is 11.5 Å². The molecule has 0 spiro atoms. The fourth-order valence-electron chi connectivity index (χ4n) is 4.19. The van der Waals surface area contributed by atoms with Crippen LogP contribution in [0.5, 0.6) is 11.5 Å². The highest BCUT2D eigenvalue weighted by Gasteiger charge is 2.15. The molecular formula is C30H36N6O5. The maximum atomic E-state index is 12.8. The van der Waals surface area contributed by atoms with Crippen LogP contribution in [0.25, 0.3) is 22.3 Å². The second kappa shape index (κ2) is 13.1. The van der Waals surface area contributed by atoms with Crippen LogP contribution in [0.15, 0.2) is 54.6 Å². The first kappa shape index (κ1) is 29.3. The largest absolute Gasteiger partial charge is 0.497 e. The number of anilines is 2. The summed E-state index contributed by atoms with van der Waals surface area (Å²) in [4.78, 5) is 29.4. The first-order valence-electron chi connectivity index (χ1n) is 13.3. The van der Waals surface area contributed by atoms with E-state index in [1.54, 1.807) is 14.2 Å². The standard InChI is InChI=1S/C25H26N6O3.C5H10O2/c1-33-19-13-17(14-20(15-19)34-2)22-8-7-21-23(27-22)29-30-24(21)28-25(32)16-3-5-18(6-4-16)31-11-9-26-10-12-31;1-5(2,3)7-4-6/h3-8,13-15,26H,9-12H2,1-2H3,(H2,27,28,29,30,32);4H,1-3H3. The van der Waals surface area contributed by atoms with Crippen LogP contribution in [0.4, 0.5) is 11.5 Å². The second-order valence-corrected chi connectivity index (χ2v) is 10.3. The number of aromatic nitrogens is 3. The van der Waals surface area contributed by atoms with Crippen LogP contribution in [0, 0.1) is 0 Å². The number of amides is 1. The van der Waals surface area contributed by atoms with Gasteiger partial charge >= 0.3 is 0 Å². The van der Waals surface area contributed by atoms with Gasteiger partial charge in [-0.15, -0.1) is 0 Å². The van der Waals surface area contributed by atoms with E-state index in [2.05, 4.69) is 35.5 Å². The summed E-state index contributed by atoms with van der Waals surface area (Å²) in [6.45, 7) is 9.78. The number of aromatic amines is 1. The van der Waals surface area contributed by atoms with Crippen molar-refractivity contribution in [2.75, 3.05) is 50.6 Å². The SMILES string of the molecule is CC(C)(C)OC=O.COc1cc(OC)cc(-c2ccc3c(NC(=O)c4ccc(N5CCNCC5)cc4)n[nH]c3n2)c1. The number of carbonyl (C=O) groups excluding carboxylic acids is 2. The Labute approximate surface area is 239 Å². The lowest BCUT2D eigenvalue weighted by molar-refractivity contribution is -0.138. The predicted octanol–water partition coefficient (Wildman–Crippen LogP) is 4.26. The number of pyridine rings is 1. The molecule has 1 saturated heterocycles. The summed E-state index contributed by atoms with van der Waals surface area (Å²) in [6.07, 6.45) is 0. The first-order chi connectivity index (χ1) is 19.7. The lowest BCUT2D eigenvalue weighted by Gasteiger charge is -2.29. The summed E-state index contributed by atoms with van der Waals surface area (Å²) in [5.74, 6) is 1.57. The van der Waals surface area contributed by atoms with Crippen molar-refractivity contribution in [3.05, 3.63) is 60.2 Å². The molecule has 41 heavy (non-hydrogen) atoms. The number of piperazine rings is 1. The van der Waals surface area contributed by atoms with E-state index >= 15 is 0 Å². The molecule has 0 aliphatic carbocycles. The molecule has 0 radical (unpaired) electrons. The van der Waals surface area contributed by atoms with E-state index in [0.717, 1.165) is 48.5 Å². The minimum absolute atomic E-state index is 0.220. The van der Waals surface area contributed by atoms with Crippen LogP contribution >= 0.6 is 0 Å². The fraction of sp³-hybridized carbons (Fsp3) is 0.333. The molecule has 4 aromatic rings. The lowest BCUT2D eigenvalue weighted by Crippen LogP contribution is -2.43. The van der Waals surface area contributed by atoms with Gasteiger partial charge < -0.3 is 29.7 Å². The predicted molar refractivity (Wildman–Crippen MR) is 159 cm³/mol. The Morgan fingerprint density at radius 3 is 2.20 bits per heavy atom. The first-order valence-corrected chi connectivity index (χ1v) is 13.3. The number of methoxy groups -OCH3 is 2. The molecule has 1 aliphatic rings. The van der Waals surface area contributed by atoms with Crippen LogP contribution in [-0.4, -0.2) is 73.6 Å². The summed E-state index contributed by atoms with van der Waals surface area (Å²) in [6, 6.07) is 17.0. The van der Waals surface area contributed by atoms with Crippen molar-refractivity contribution in [3.8, 4) is 22.8 Å². The number of benzene rings is 2. The molecule has 216 valence electrons. The van der Waals surface area contributed by atoms with Crippen LogP contribution in [0.1, 0.15) is 31.1 Å². The van der Waals surface area contributed by atoms with E-state index in [1.165, 1.54) is 0 Å². The third-order valence-corrected chi connectivity index (χ3v) is 6.32. The summed E-state index contributed by atoms with van der Waals surface area (Å²) in [7, 11) is 3.22. The van der Waals surface area contributed by atoms with Gasteiger partial charge in [-0.25, -0.2) is 4.98 Å². The number of hydrogen-bond acceptors (Lipinski definition) is 9. The zero-order valence-corrected chi connectivity index (χ0v) is 24.0. The van der Waals surface area contributed by atoms with Crippen molar-refractivity contribution in [1.29, 1.82) is 0 Å². The average molecular weight is 561 g/mol. The molecule has 0 saturated carbocycles. The molecule has 0 bridgehead atoms. The molecule has 1 fully saturated rings. The minimum Gasteiger partial charge on any atom is -0.497 e. The molecule has 0 unspecified atom stereocenters. The number of H-pyrrole nitrogens is 1. The summed E-state index contributed by atoms with van der Waals surface area (Å²) >= 11 is 0. The van der Waals surface area contributed by atoms with Gasteiger partial charge in [-0.3, -0.25) is 14.7 Å². The Kier molecular flexibility index (Phi) is 9.41. The van der Waals surface area contributed by atoms with E-state index < -0.39 is 0 Å². The molecule has 3 heterocycles. The van der Waals surface area contributed by atoms with Crippen molar-refractivity contribution in [2.24, 2.45) is 0 Å². The van der Waals surface area contributed by atoms with Crippen molar-refractivity contribution >= 4 is 34.9 Å². The molecule has 0 atom stereocenters. The Bertz CT molecular complexity index is 1450. The van der Waals surface area contributed by atoms with E-state index in [0.29, 0.717) is 35.0 Å². The van der Waals surface area contributed by atoms with Crippen molar-refractivity contribution in [1.82, 2.24) is 20.5 Å². The van der Waals surface area contributed by atoms with Gasteiger partial charge in [0.15, 0.2) is 11.5 Å². The quantitative estimate of drug-likeness (QED) is 0.284. The highest BCUT2D eigenvalue weighted by Crippen LogP contribution is 2.30. The Morgan fingerprint density at radius 1 is 0.976 bits per heavy atom. The molecular weight excluding hydrogens is 524 g/mol. The van der Waals surface area contributed by atoms with E-state index in [4.69, 9.17) is 9.47 Å². The molecule has 5 rings (SSSR count). The normalized spacial score (nSPS) is 13.1. The highest BCUT2D eigenvalue weighted by atomic mass is 16.5. The van der Waals surface area contributed by atoms with E-state index in [1.807, 2.05) is 75.4 Å². The Morgan fingerprint density at radius 2 is 1.63 bits per heavy atom. The number of carbonyl (C=O) groups is 2. The number of nitrogens with one attached hydrogen (secondary N) is 3. The van der Waals surface area contributed by atoms with Crippen LogP contribution < -0.4 is 25.0 Å². The van der Waals surface area contributed by atoms with Gasteiger partial charge in [-0.2, -0.15) is 5.10 Å². The summed E-state index contributed by atoms with van der Waals surface area (Å²) in [5.41, 5.74) is 3.53. The van der Waals surface area contributed by atoms with Crippen LogP contribution in [0.2, 0.25) is 0 Å². The lowest BCUT2D eigenvalue weighted by atomic mass is 10.1. The van der Waals surface area contributed by atoms with Crippen molar-refractivity contribution in [3.63, 3.8) is 0 Å². The molecule has 11 heteroatoms. The van der Waals surface area contributed by atoms with Gasteiger partial charge in [0.05, 0.1) is 25.3 Å². The average Bonchev–Trinajstić information content (AvgIpc) is 3.38. The number of ether oxygens (including phenoxy) is 3. The Hall–Kier alpha value is -4.64. The third-order valence-electron chi connectivity index (χ3n) is 6.32. The topological polar surface area (TPSA) is 131 Å². The highest BCUT2D eigenvalue weighted by molar-refractivity contribution is 6.07. The van der Waals surface area contributed by atoms with Gasteiger partial charge in [0.25, 0.3) is 12.4 Å². The maximum Gasteiger partial charge on any atom is 0.293 e. The van der Waals surface area contributed by atoms with Crippen molar-refractivity contribution in [2.45, 2.75) is 26.4 Å². The molecule has 2 aromatic carbocycles. The fourth-order valence-corrected chi connectivity index (χ4v) is 4.19. The summed E-state index contributed by atoms with van der Waals surface area (Å²) < 4.78 is 15.3. The molecule has 2 aromatic heterocycles. The number of nitrogens with zero attached hydrogens (tertiary/aromatic N) is 3. The molecule has 1 aliphatic heterocycles. The number of fused-ring (bicyclic) bond motifs is 1. The maximum absolute atomic E-state index is 12.8. The van der Waals surface area contributed by atoms with Gasteiger partial charge in [-0.1, -0.05) is 0 Å². The molecule has 1 amide bonds. The van der Waals surface area contributed by atoms with Crippen molar-refractivity contribution < 1.29 is 23.8 Å². The van der Waals surface area contributed by atoms with Gasteiger partial charge in [0.1, 0.15) is 17.1 Å². The third kappa shape index (κ3) is 7.73. The zero-order chi connectivity index (χ0) is 29.4. The second-order valence-electron chi connectivity index (χ2n) is 10.3. The Balaban J connectivity index is 0.000000493. The van der Waals surface area contributed by atoms with Crippen LogP contribution in [-0.2, 0) is 9.53 Å². The minimum atomic E-state index is -0.318. The smallest absolute Gasteiger partial charge is 0.293 e. The number of hydrogen-bond donors (Lipinski definition) is 3. The van der Waals surface area contributed by atoms with E-state index in [9.17, 15) is 9.59 Å². The van der Waals surface area contributed by atoms with Gasteiger partial charge in [0.2, 0.25) is 0 Å².